The van der Waals surface area contributed by atoms with E-state index < -0.39 is 0 Å². The first-order valence-electron chi connectivity index (χ1n) is 5.34. The van der Waals surface area contributed by atoms with E-state index in [4.69, 9.17) is 0 Å². The van der Waals surface area contributed by atoms with Crippen LogP contribution in [0.25, 0.3) is 22.3 Å². The van der Waals surface area contributed by atoms with Crippen LogP contribution in [0, 0.1) is 0 Å². The van der Waals surface area contributed by atoms with Gasteiger partial charge in [0.15, 0.2) is 0 Å². The molecule has 0 unspecified atom stereocenters. The highest BCUT2D eigenvalue weighted by molar-refractivity contribution is 9.10. The molecule has 0 atom stereocenters. The Hall–Kier alpha value is -2.01. The van der Waals surface area contributed by atoms with Crippen molar-refractivity contribution >= 4 is 26.8 Å². The predicted octanol–water partition coefficient (Wildman–Crippen LogP) is 2.75. The molecule has 0 aliphatic carbocycles. The number of rotatable bonds is 1. The van der Waals surface area contributed by atoms with Crippen LogP contribution >= 0.6 is 15.9 Å². The van der Waals surface area contributed by atoms with Crippen LogP contribution in [0.3, 0.4) is 0 Å². The molecule has 0 bridgehead atoms. The molecule has 3 aromatic rings. The third kappa shape index (κ3) is 1.82. The highest BCUT2D eigenvalue weighted by Gasteiger charge is 2.08. The van der Waals surface area contributed by atoms with Gasteiger partial charge in [-0.1, -0.05) is 12.1 Å². The van der Waals surface area contributed by atoms with Gasteiger partial charge < -0.3 is 4.98 Å². The van der Waals surface area contributed by atoms with E-state index in [0.717, 1.165) is 10.0 Å². The van der Waals surface area contributed by atoms with Crippen molar-refractivity contribution in [2.45, 2.75) is 0 Å². The summed E-state index contributed by atoms with van der Waals surface area (Å²) in [4.78, 5) is 23.2. The van der Waals surface area contributed by atoms with Gasteiger partial charge in [0, 0.05) is 22.4 Å². The average molecular weight is 302 g/mol. The molecule has 1 aromatic carbocycles. The fourth-order valence-electron chi connectivity index (χ4n) is 1.78. The van der Waals surface area contributed by atoms with E-state index in [1.54, 1.807) is 24.5 Å². The van der Waals surface area contributed by atoms with E-state index in [0.29, 0.717) is 16.7 Å². The summed E-state index contributed by atoms with van der Waals surface area (Å²) >= 11 is 3.40. The fraction of sp³-hybridized carbons (Fsp3) is 0. The lowest BCUT2D eigenvalue weighted by Gasteiger charge is -2.04. The lowest BCUT2D eigenvalue weighted by molar-refractivity contribution is 1.17. The number of para-hydroxylation sites is 1. The monoisotopic (exact) mass is 301 g/mol. The van der Waals surface area contributed by atoms with E-state index in [-0.39, 0.29) is 5.56 Å². The van der Waals surface area contributed by atoms with Crippen LogP contribution < -0.4 is 5.56 Å². The second-order valence-corrected chi connectivity index (χ2v) is 4.64. The van der Waals surface area contributed by atoms with Crippen molar-refractivity contribution in [3.63, 3.8) is 0 Å². The second-order valence-electron chi connectivity index (χ2n) is 3.79. The summed E-state index contributed by atoms with van der Waals surface area (Å²) in [6.45, 7) is 0. The van der Waals surface area contributed by atoms with Gasteiger partial charge in [-0.3, -0.25) is 9.78 Å². The summed E-state index contributed by atoms with van der Waals surface area (Å²) in [7, 11) is 0. The first-order valence-corrected chi connectivity index (χ1v) is 6.14. The number of H-pyrrole nitrogens is 1. The molecular formula is C13H8BrN3O. The third-order valence-corrected chi connectivity index (χ3v) is 3.27. The first-order chi connectivity index (χ1) is 8.75. The maximum atomic E-state index is 12.0. The molecule has 0 spiro atoms. The van der Waals surface area contributed by atoms with Gasteiger partial charge in [-0.2, -0.15) is 0 Å². The van der Waals surface area contributed by atoms with Gasteiger partial charge in [0.05, 0.1) is 10.9 Å². The zero-order valence-electron chi connectivity index (χ0n) is 9.22. The molecular weight excluding hydrogens is 294 g/mol. The van der Waals surface area contributed by atoms with Gasteiger partial charge in [0.25, 0.3) is 5.56 Å². The third-order valence-electron chi connectivity index (χ3n) is 2.64. The fourth-order valence-corrected chi connectivity index (χ4v) is 2.22. The van der Waals surface area contributed by atoms with Crippen LogP contribution in [-0.4, -0.2) is 15.0 Å². The van der Waals surface area contributed by atoms with Gasteiger partial charge in [0.2, 0.25) is 0 Å². The number of aromatic amines is 1. The minimum atomic E-state index is -0.140. The highest BCUT2D eigenvalue weighted by atomic mass is 79.9. The number of hydrogen-bond donors (Lipinski definition) is 1. The molecule has 18 heavy (non-hydrogen) atoms. The van der Waals surface area contributed by atoms with Crippen LogP contribution in [0.4, 0.5) is 0 Å². The summed E-state index contributed by atoms with van der Waals surface area (Å²) in [5, 5.41) is 0.589. The Morgan fingerprint density at radius 3 is 2.83 bits per heavy atom. The van der Waals surface area contributed by atoms with Gasteiger partial charge in [-0.05, 0) is 34.1 Å². The molecule has 0 saturated heterocycles. The maximum Gasteiger partial charge on any atom is 0.259 e. The standard InChI is InChI=1S/C13H8BrN3O/c14-10-7-15-6-5-8(10)12-16-11-4-2-1-3-9(11)13(18)17-12/h1-7H,(H,16,17,18). The van der Waals surface area contributed by atoms with Crippen LogP contribution in [0.2, 0.25) is 0 Å². The SMILES string of the molecule is O=c1[nH]c(-c2ccncc2Br)nc2ccccc12. The summed E-state index contributed by atoms with van der Waals surface area (Å²) in [5.41, 5.74) is 1.35. The van der Waals surface area contributed by atoms with Crippen molar-refractivity contribution in [1.29, 1.82) is 0 Å². The number of nitrogens with one attached hydrogen (secondary N) is 1. The second kappa shape index (κ2) is 4.34. The summed E-state index contributed by atoms with van der Waals surface area (Å²) in [6.07, 6.45) is 3.33. The Labute approximate surface area is 111 Å². The highest BCUT2D eigenvalue weighted by Crippen LogP contribution is 2.24. The van der Waals surface area contributed by atoms with Gasteiger partial charge in [0.1, 0.15) is 5.82 Å². The molecule has 1 N–H and O–H groups in total. The molecule has 2 heterocycles. The number of pyridine rings is 1. The lowest BCUT2D eigenvalue weighted by atomic mass is 10.2. The van der Waals surface area contributed by atoms with Crippen molar-refractivity contribution in [1.82, 2.24) is 15.0 Å². The normalized spacial score (nSPS) is 10.7. The summed E-state index contributed by atoms with van der Waals surface area (Å²) < 4.78 is 0.795. The summed E-state index contributed by atoms with van der Waals surface area (Å²) in [5.74, 6) is 0.535. The Bertz CT molecular complexity index is 782. The molecule has 88 valence electrons. The Morgan fingerprint density at radius 1 is 1.17 bits per heavy atom. The average Bonchev–Trinajstić information content (AvgIpc) is 2.39. The Balaban J connectivity index is 2.32. The molecule has 4 nitrogen and oxygen atoms in total. The molecule has 0 aliphatic heterocycles. The van der Waals surface area contributed by atoms with Crippen LogP contribution in [0.5, 0.6) is 0 Å². The van der Waals surface area contributed by atoms with E-state index in [1.165, 1.54) is 0 Å². The van der Waals surface area contributed by atoms with Gasteiger partial charge in [-0.15, -0.1) is 0 Å². The predicted molar refractivity (Wildman–Crippen MR) is 73.3 cm³/mol. The number of fused-ring (bicyclic) bond motifs is 1. The van der Waals surface area contributed by atoms with Crippen molar-refractivity contribution in [3.8, 4) is 11.4 Å². The van der Waals surface area contributed by atoms with E-state index >= 15 is 0 Å². The summed E-state index contributed by atoms with van der Waals surface area (Å²) in [6, 6.07) is 9.06. The van der Waals surface area contributed by atoms with Crippen LogP contribution in [-0.2, 0) is 0 Å². The van der Waals surface area contributed by atoms with Gasteiger partial charge in [-0.25, -0.2) is 4.98 Å². The first kappa shape index (κ1) is 11.1. The zero-order valence-corrected chi connectivity index (χ0v) is 10.8. The molecule has 0 radical (unpaired) electrons. The molecule has 0 saturated carbocycles. The quantitative estimate of drug-likeness (QED) is 0.752. The topological polar surface area (TPSA) is 58.6 Å². The van der Waals surface area contributed by atoms with Crippen molar-refractivity contribution in [2.75, 3.05) is 0 Å². The maximum absolute atomic E-state index is 12.0. The number of nitrogens with zero attached hydrogens (tertiary/aromatic N) is 2. The molecule has 3 rings (SSSR count). The lowest BCUT2D eigenvalue weighted by Crippen LogP contribution is -2.09. The molecule has 0 amide bonds. The van der Waals surface area contributed by atoms with Crippen molar-refractivity contribution in [2.24, 2.45) is 0 Å². The largest absolute Gasteiger partial charge is 0.306 e. The molecule has 5 heteroatoms. The van der Waals surface area contributed by atoms with Gasteiger partial charge >= 0.3 is 0 Å². The molecule has 0 aliphatic rings. The van der Waals surface area contributed by atoms with Crippen LogP contribution in [0.1, 0.15) is 0 Å². The number of benzene rings is 1. The van der Waals surface area contributed by atoms with E-state index in [9.17, 15) is 4.79 Å². The van der Waals surface area contributed by atoms with Crippen molar-refractivity contribution in [3.05, 3.63) is 57.6 Å². The number of aromatic nitrogens is 3. The number of halogens is 1. The molecule has 2 aromatic heterocycles. The minimum absolute atomic E-state index is 0.140. The number of hydrogen-bond acceptors (Lipinski definition) is 3. The minimum Gasteiger partial charge on any atom is -0.306 e. The van der Waals surface area contributed by atoms with Crippen LogP contribution in [0.15, 0.2) is 52.0 Å². The smallest absolute Gasteiger partial charge is 0.259 e. The zero-order chi connectivity index (χ0) is 12.5. The Kier molecular flexibility index (Phi) is 2.68. The van der Waals surface area contributed by atoms with E-state index in [2.05, 4.69) is 30.9 Å². The van der Waals surface area contributed by atoms with E-state index in [1.807, 2.05) is 18.2 Å². The molecule has 0 fully saturated rings. The Morgan fingerprint density at radius 2 is 2.00 bits per heavy atom. The van der Waals surface area contributed by atoms with Crippen molar-refractivity contribution < 1.29 is 0 Å².